The van der Waals surface area contributed by atoms with Crippen LogP contribution in [0.1, 0.15) is 6.92 Å². The molecule has 1 atom stereocenters. The smallest absolute Gasteiger partial charge is 0.243 e. The van der Waals surface area contributed by atoms with Crippen LogP contribution < -0.4 is 10.1 Å². The molecule has 0 aliphatic carbocycles. The first-order valence-corrected chi connectivity index (χ1v) is 7.34. The Balaban J connectivity index is 2.32. The summed E-state index contributed by atoms with van der Waals surface area (Å²) in [4.78, 5) is 11.7. The minimum Gasteiger partial charge on any atom is -0.497 e. The van der Waals surface area contributed by atoms with Crippen molar-refractivity contribution in [2.45, 2.75) is 17.9 Å². The van der Waals surface area contributed by atoms with Gasteiger partial charge >= 0.3 is 0 Å². The van der Waals surface area contributed by atoms with E-state index in [-0.39, 0.29) is 17.3 Å². The summed E-state index contributed by atoms with van der Waals surface area (Å²) in [6, 6.07) is 5.44. The fourth-order valence-electron chi connectivity index (χ4n) is 1.97. The lowest BCUT2D eigenvalue weighted by atomic mass is 10.2. The van der Waals surface area contributed by atoms with E-state index in [1.165, 1.54) is 23.5 Å². The van der Waals surface area contributed by atoms with Gasteiger partial charge in [0, 0.05) is 13.1 Å². The van der Waals surface area contributed by atoms with Gasteiger partial charge in [0.05, 0.1) is 12.0 Å². The van der Waals surface area contributed by atoms with Gasteiger partial charge in [0.1, 0.15) is 11.8 Å². The van der Waals surface area contributed by atoms with Crippen LogP contribution >= 0.6 is 0 Å². The lowest BCUT2D eigenvalue weighted by Gasteiger charge is -2.31. The van der Waals surface area contributed by atoms with E-state index in [1.807, 2.05) is 0 Å². The van der Waals surface area contributed by atoms with Gasteiger partial charge in [0.15, 0.2) is 0 Å². The zero-order valence-corrected chi connectivity index (χ0v) is 11.6. The molecule has 0 spiro atoms. The third-order valence-corrected chi connectivity index (χ3v) is 5.09. The molecule has 1 amide bonds. The number of carbonyl (C=O) groups is 1. The largest absolute Gasteiger partial charge is 0.497 e. The Bertz CT molecular complexity index is 568. The number of ether oxygens (including phenoxy) is 1. The normalized spacial score (nSPS) is 20.9. The minimum atomic E-state index is -3.65. The highest BCUT2D eigenvalue weighted by Crippen LogP contribution is 2.22. The summed E-state index contributed by atoms with van der Waals surface area (Å²) in [6.07, 6.45) is 0. The van der Waals surface area contributed by atoms with Crippen molar-refractivity contribution in [3.63, 3.8) is 0 Å². The number of amides is 1. The second-order valence-corrected chi connectivity index (χ2v) is 6.15. The molecule has 1 aromatic carbocycles. The van der Waals surface area contributed by atoms with Gasteiger partial charge in [-0.05, 0) is 31.2 Å². The average molecular weight is 284 g/mol. The van der Waals surface area contributed by atoms with Crippen LogP contribution in [0.3, 0.4) is 0 Å². The number of piperazine rings is 1. The monoisotopic (exact) mass is 284 g/mol. The predicted octanol–water partition coefficient (Wildman–Crippen LogP) is 0.204. The molecular formula is C12H16N2O4S. The molecule has 0 aromatic heterocycles. The van der Waals surface area contributed by atoms with Crippen molar-refractivity contribution in [2.24, 2.45) is 0 Å². The first kappa shape index (κ1) is 13.8. The Kier molecular flexibility index (Phi) is 3.77. The van der Waals surface area contributed by atoms with E-state index in [4.69, 9.17) is 4.74 Å². The van der Waals surface area contributed by atoms with E-state index in [9.17, 15) is 13.2 Å². The standard InChI is InChI=1S/C12H16N2O4S/c1-9-12(15)13-7-8-14(9)19(16,17)11-5-3-10(18-2)4-6-11/h3-6,9H,7-8H2,1-2H3,(H,13,15). The Morgan fingerprint density at radius 3 is 2.53 bits per heavy atom. The fourth-order valence-corrected chi connectivity index (χ4v) is 3.57. The van der Waals surface area contributed by atoms with Crippen molar-refractivity contribution < 1.29 is 17.9 Å². The second kappa shape index (κ2) is 5.18. The van der Waals surface area contributed by atoms with E-state index in [0.717, 1.165) is 0 Å². The van der Waals surface area contributed by atoms with Gasteiger partial charge in [-0.3, -0.25) is 4.79 Å². The third kappa shape index (κ3) is 2.57. The van der Waals surface area contributed by atoms with Gasteiger partial charge in [-0.1, -0.05) is 0 Å². The molecule has 0 radical (unpaired) electrons. The molecule has 6 nitrogen and oxygen atoms in total. The van der Waals surface area contributed by atoms with Crippen molar-refractivity contribution >= 4 is 15.9 Å². The molecule has 1 N–H and O–H groups in total. The van der Waals surface area contributed by atoms with E-state index in [1.54, 1.807) is 19.1 Å². The zero-order chi connectivity index (χ0) is 14.0. The lowest BCUT2D eigenvalue weighted by molar-refractivity contribution is -0.126. The Labute approximate surface area is 112 Å². The minimum absolute atomic E-state index is 0.162. The van der Waals surface area contributed by atoms with Gasteiger partial charge in [0.25, 0.3) is 0 Å². The number of carbonyl (C=O) groups excluding carboxylic acids is 1. The number of methoxy groups -OCH3 is 1. The molecular weight excluding hydrogens is 268 g/mol. The average Bonchev–Trinajstić information content (AvgIpc) is 2.41. The summed E-state index contributed by atoms with van der Waals surface area (Å²) in [6.45, 7) is 2.19. The molecule has 1 fully saturated rings. The van der Waals surface area contributed by atoms with Gasteiger partial charge in [-0.15, -0.1) is 0 Å². The summed E-state index contributed by atoms with van der Waals surface area (Å²) >= 11 is 0. The first-order chi connectivity index (χ1) is 8.96. The number of hydrogen-bond acceptors (Lipinski definition) is 4. The zero-order valence-electron chi connectivity index (χ0n) is 10.8. The highest BCUT2D eigenvalue weighted by atomic mass is 32.2. The molecule has 0 bridgehead atoms. The number of nitrogens with zero attached hydrogens (tertiary/aromatic N) is 1. The summed E-state index contributed by atoms with van der Waals surface area (Å²) in [5, 5.41) is 2.64. The number of nitrogens with one attached hydrogen (secondary N) is 1. The molecule has 104 valence electrons. The molecule has 19 heavy (non-hydrogen) atoms. The Morgan fingerprint density at radius 1 is 1.32 bits per heavy atom. The Hall–Kier alpha value is -1.60. The molecule has 7 heteroatoms. The van der Waals surface area contributed by atoms with Crippen LogP contribution in [0.4, 0.5) is 0 Å². The molecule has 1 unspecified atom stereocenters. The maximum absolute atomic E-state index is 12.4. The fraction of sp³-hybridized carbons (Fsp3) is 0.417. The third-order valence-electron chi connectivity index (χ3n) is 3.11. The van der Waals surface area contributed by atoms with Gasteiger partial charge in [-0.25, -0.2) is 8.42 Å². The second-order valence-electron chi connectivity index (χ2n) is 4.26. The van der Waals surface area contributed by atoms with Crippen LogP contribution in [0.2, 0.25) is 0 Å². The molecule has 1 aliphatic rings. The van der Waals surface area contributed by atoms with Crippen molar-refractivity contribution in [1.29, 1.82) is 0 Å². The molecule has 1 heterocycles. The van der Waals surface area contributed by atoms with Crippen molar-refractivity contribution in [1.82, 2.24) is 9.62 Å². The number of rotatable bonds is 3. The van der Waals surface area contributed by atoms with Gasteiger partial charge in [-0.2, -0.15) is 4.31 Å². The van der Waals surface area contributed by atoms with Crippen LogP contribution in [0.15, 0.2) is 29.2 Å². The van der Waals surface area contributed by atoms with Gasteiger partial charge < -0.3 is 10.1 Å². The van der Waals surface area contributed by atoms with Crippen LogP contribution in [-0.2, 0) is 14.8 Å². The summed E-state index contributed by atoms with van der Waals surface area (Å²) in [5.74, 6) is 0.312. The topological polar surface area (TPSA) is 75.7 Å². The van der Waals surface area contributed by atoms with E-state index in [2.05, 4.69) is 5.32 Å². The highest BCUT2D eigenvalue weighted by Gasteiger charge is 2.35. The van der Waals surface area contributed by atoms with Crippen LogP contribution in [-0.4, -0.2) is 44.9 Å². The maximum Gasteiger partial charge on any atom is 0.243 e. The quantitative estimate of drug-likeness (QED) is 0.860. The summed E-state index contributed by atoms with van der Waals surface area (Å²) in [5.41, 5.74) is 0. The lowest BCUT2D eigenvalue weighted by Crippen LogP contribution is -2.55. The Morgan fingerprint density at radius 2 is 1.95 bits per heavy atom. The van der Waals surface area contributed by atoms with E-state index < -0.39 is 16.1 Å². The van der Waals surface area contributed by atoms with Crippen molar-refractivity contribution in [3.8, 4) is 5.75 Å². The van der Waals surface area contributed by atoms with Crippen molar-refractivity contribution in [2.75, 3.05) is 20.2 Å². The molecule has 1 aliphatic heterocycles. The summed E-state index contributed by atoms with van der Waals surface area (Å²) < 4.78 is 31.1. The van der Waals surface area contributed by atoms with E-state index in [0.29, 0.717) is 12.3 Å². The van der Waals surface area contributed by atoms with Crippen LogP contribution in [0, 0.1) is 0 Å². The van der Waals surface area contributed by atoms with Crippen molar-refractivity contribution in [3.05, 3.63) is 24.3 Å². The summed E-state index contributed by atoms with van der Waals surface area (Å²) in [7, 11) is -2.14. The van der Waals surface area contributed by atoms with E-state index >= 15 is 0 Å². The first-order valence-electron chi connectivity index (χ1n) is 5.90. The van der Waals surface area contributed by atoms with Crippen LogP contribution in [0.5, 0.6) is 5.75 Å². The molecule has 1 aromatic rings. The highest BCUT2D eigenvalue weighted by molar-refractivity contribution is 7.89. The SMILES string of the molecule is COc1ccc(S(=O)(=O)N2CCNC(=O)C2C)cc1. The number of sulfonamides is 1. The number of hydrogen-bond donors (Lipinski definition) is 1. The molecule has 0 saturated carbocycles. The van der Waals surface area contributed by atoms with Crippen LogP contribution in [0.25, 0.3) is 0 Å². The maximum atomic E-state index is 12.4. The predicted molar refractivity (Wildman–Crippen MR) is 69.4 cm³/mol. The molecule has 1 saturated heterocycles. The number of benzene rings is 1. The van der Waals surface area contributed by atoms with Gasteiger partial charge in [0.2, 0.25) is 15.9 Å². The molecule has 2 rings (SSSR count).